The van der Waals surface area contributed by atoms with Crippen molar-refractivity contribution in [3.05, 3.63) is 35.9 Å². The van der Waals surface area contributed by atoms with E-state index in [1.807, 2.05) is 0 Å². The molecule has 1 aromatic carbocycles. The monoisotopic (exact) mass is 498 g/mol. The minimum Gasteiger partial charge on any atom is -0.354 e. The number of rotatable bonds is 8. The van der Waals surface area contributed by atoms with Gasteiger partial charge in [0.25, 0.3) is 0 Å². The minimum absolute atomic E-state index is 0.192. The molecule has 196 valence electrons. The van der Waals surface area contributed by atoms with Crippen molar-refractivity contribution in [2.45, 2.75) is 88.6 Å². The van der Waals surface area contributed by atoms with Crippen LogP contribution in [0.4, 0.5) is 17.8 Å². The lowest BCUT2D eigenvalue weighted by Gasteiger charge is -2.56. The van der Waals surface area contributed by atoms with Crippen LogP contribution in [-0.2, 0) is 6.42 Å². The van der Waals surface area contributed by atoms with E-state index in [0.29, 0.717) is 12.0 Å². The zero-order valence-electron chi connectivity index (χ0n) is 22.0. The van der Waals surface area contributed by atoms with Gasteiger partial charge in [0.05, 0.1) is 0 Å². The van der Waals surface area contributed by atoms with Crippen molar-refractivity contribution in [3.63, 3.8) is 0 Å². The zero-order valence-corrected chi connectivity index (χ0v) is 22.0. The molecule has 1 aromatic heterocycles. The van der Waals surface area contributed by atoms with Crippen molar-refractivity contribution in [3.8, 4) is 0 Å². The average Bonchev–Trinajstić information content (AvgIpc) is 2.85. The van der Waals surface area contributed by atoms with E-state index in [4.69, 9.17) is 15.0 Å². The highest BCUT2D eigenvalue weighted by molar-refractivity contribution is 5.45. The maximum atomic E-state index is 5.04. The number of hydrogen-bond acceptors (Lipinski definition) is 6. The van der Waals surface area contributed by atoms with Crippen molar-refractivity contribution in [2.24, 2.45) is 41.4 Å². The van der Waals surface area contributed by atoms with E-state index in [9.17, 15) is 0 Å². The molecule has 6 nitrogen and oxygen atoms in total. The molecule has 0 unspecified atom stereocenters. The molecule has 1 heterocycles. The number of anilines is 3. The van der Waals surface area contributed by atoms with Gasteiger partial charge in [0.15, 0.2) is 0 Å². The van der Waals surface area contributed by atoms with Crippen molar-refractivity contribution in [2.75, 3.05) is 22.5 Å². The van der Waals surface area contributed by atoms with Crippen LogP contribution in [-0.4, -0.2) is 33.1 Å². The standard InChI is InChI=1S/C31H42N6/c1-2-4-19(5-3-1)6-7-32-28-34-29(33-27-25-12-20-8-21(14-25)15-26(27)13-20)36-30(35-28)37-31-16-22-9-23(17-31)11-24(10-22)18-31/h1-5,20-27H,6-18H2,(H3,32,33,34,35,36,37). The Balaban J connectivity index is 1.04. The predicted octanol–water partition coefficient (Wildman–Crippen LogP) is 6.14. The second-order valence-corrected chi connectivity index (χ2v) is 13.9. The Kier molecular flexibility index (Phi) is 5.40. The first-order valence-corrected chi connectivity index (χ1v) is 15.2. The van der Waals surface area contributed by atoms with Crippen LogP contribution in [0.2, 0.25) is 0 Å². The smallest absolute Gasteiger partial charge is 0.229 e. The molecule has 0 atom stereocenters. The third kappa shape index (κ3) is 4.38. The predicted molar refractivity (Wildman–Crippen MR) is 147 cm³/mol. The number of nitrogens with one attached hydrogen (secondary N) is 3. The summed E-state index contributed by atoms with van der Waals surface area (Å²) in [5, 5.41) is 11.4. The lowest BCUT2D eigenvalue weighted by atomic mass is 9.53. The molecule has 8 saturated carbocycles. The topological polar surface area (TPSA) is 74.8 Å². The molecule has 0 saturated heterocycles. The van der Waals surface area contributed by atoms with Crippen LogP contribution in [0.3, 0.4) is 0 Å². The Bertz CT molecular complexity index is 1070. The number of benzene rings is 1. The Labute approximate surface area is 221 Å². The molecule has 0 amide bonds. The Hall–Kier alpha value is -2.37. The largest absolute Gasteiger partial charge is 0.354 e. The molecule has 10 rings (SSSR count). The Morgan fingerprint density at radius 2 is 1.22 bits per heavy atom. The third-order valence-corrected chi connectivity index (χ3v) is 11.1. The van der Waals surface area contributed by atoms with Gasteiger partial charge in [0.2, 0.25) is 17.8 Å². The van der Waals surface area contributed by atoms with Crippen LogP contribution in [0.5, 0.6) is 0 Å². The first-order chi connectivity index (χ1) is 18.1. The fourth-order valence-electron chi connectivity index (χ4n) is 10.3. The summed E-state index contributed by atoms with van der Waals surface area (Å²) in [7, 11) is 0. The van der Waals surface area contributed by atoms with Crippen molar-refractivity contribution < 1.29 is 0 Å². The van der Waals surface area contributed by atoms with Crippen LogP contribution in [0.15, 0.2) is 30.3 Å². The van der Waals surface area contributed by atoms with Crippen molar-refractivity contribution >= 4 is 17.8 Å². The quantitative estimate of drug-likeness (QED) is 0.406. The van der Waals surface area contributed by atoms with E-state index in [1.54, 1.807) is 0 Å². The maximum Gasteiger partial charge on any atom is 0.229 e. The van der Waals surface area contributed by atoms with Crippen LogP contribution >= 0.6 is 0 Å². The van der Waals surface area contributed by atoms with E-state index in [0.717, 1.165) is 66.3 Å². The van der Waals surface area contributed by atoms with Crippen LogP contribution < -0.4 is 16.0 Å². The summed E-state index contributed by atoms with van der Waals surface area (Å²) in [5.41, 5.74) is 1.53. The van der Waals surface area contributed by atoms with E-state index < -0.39 is 0 Å². The fraction of sp³-hybridized carbons (Fsp3) is 0.710. The molecule has 8 aliphatic rings. The molecule has 8 bridgehead atoms. The molecule has 0 spiro atoms. The molecule has 0 aliphatic heterocycles. The highest BCUT2D eigenvalue weighted by Crippen LogP contribution is 2.57. The van der Waals surface area contributed by atoms with Crippen LogP contribution in [0.1, 0.15) is 76.2 Å². The highest BCUT2D eigenvalue weighted by Gasteiger charge is 2.51. The van der Waals surface area contributed by atoms with Crippen molar-refractivity contribution in [1.82, 2.24) is 15.0 Å². The summed E-state index contributed by atoms with van der Waals surface area (Å²) >= 11 is 0. The molecule has 37 heavy (non-hydrogen) atoms. The maximum absolute atomic E-state index is 5.04. The molecular weight excluding hydrogens is 456 g/mol. The Morgan fingerprint density at radius 3 is 1.86 bits per heavy atom. The second-order valence-electron chi connectivity index (χ2n) is 13.9. The fourth-order valence-corrected chi connectivity index (χ4v) is 10.3. The van der Waals surface area contributed by atoms with E-state index >= 15 is 0 Å². The van der Waals surface area contributed by atoms with E-state index in [1.165, 1.54) is 76.2 Å². The van der Waals surface area contributed by atoms with Crippen LogP contribution in [0, 0.1) is 41.4 Å². The third-order valence-electron chi connectivity index (χ3n) is 11.1. The van der Waals surface area contributed by atoms with Gasteiger partial charge >= 0.3 is 0 Å². The molecule has 3 N–H and O–H groups in total. The summed E-state index contributed by atoms with van der Waals surface area (Å²) in [4.78, 5) is 14.9. The first kappa shape index (κ1) is 22.6. The summed E-state index contributed by atoms with van der Waals surface area (Å²) in [6.45, 7) is 0.822. The van der Waals surface area contributed by atoms with E-state index in [-0.39, 0.29) is 5.54 Å². The lowest BCUT2D eigenvalue weighted by molar-refractivity contribution is 0.00720. The summed E-state index contributed by atoms with van der Waals surface area (Å²) in [6.07, 6.45) is 16.3. The van der Waals surface area contributed by atoms with Gasteiger partial charge in [-0.3, -0.25) is 0 Å². The van der Waals surface area contributed by atoms with Gasteiger partial charge in [-0.1, -0.05) is 30.3 Å². The molecule has 8 aliphatic carbocycles. The normalized spacial score (nSPS) is 40.6. The van der Waals surface area contributed by atoms with Gasteiger partial charge in [0.1, 0.15) is 0 Å². The van der Waals surface area contributed by atoms with Gasteiger partial charge in [-0.05, 0) is 124 Å². The first-order valence-electron chi connectivity index (χ1n) is 15.2. The minimum atomic E-state index is 0.192. The average molecular weight is 499 g/mol. The SMILES string of the molecule is c1ccc(CCNc2nc(NC3C4CC5CC(C4)CC3C5)nc(NC34CC5CC(CC(C5)C3)C4)n2)cc1. The van der Waals surface area contributed by atoms with Gasteiger partial charge in [0, 0.05) is 18.1 Å². The second kappa shape index (κ2) is 8.84. The zero-order chi connectivity index (χ0) is 24.4. The summed E-state index contributed by atoms with van der Waals surface area (Å²) in [5.74, 6) is 8.50. The molecule has 8 fully saturated rings. The highest BCUT2D eigenvalue weighted by atomic mass is 15.3. The van der Waals surface area contributed by atoms with Gasteiger partial charge < -0.3 is 16.0 Å². The Morgan fingerprint density at radius 1 is 0.649 bits per heavy atom. The molecule has 0 radical (unpaired) electrons. The van der Waals surface area contributed by atoms with Gasteiger partial charge in [-0.25, -0.2) is 0 Å². The lowest BCUT2D eigenvalue weighted by Crippen LogP contribution is -2.55. The number of aromatic nitrogens is 3. The molecule has 2 aromatic rings. The van der Waals surface area contributed by atoms with Gasteiger partial charge in [-0.15, -0.1) is 0 Å². The van der Waals surface area contributed by atoms with Crippen molar-refractivity contribution in [1.29, 1.82) is 0 Å². The number of hydrogen-bond donors (Lipinski definition) is 3. The summed E-state index contributed by atoms with van der Waals surface area (Å²) < 4.78 is 0. The van der Waals surface area contributed by atoms with Crippen LogP contribution in [0.25, 0.3) is 0 Å². The number of nitrogens with zero attached hydrogens (tertiary/aromatic N) is 3. The molecule has 6 heteroatoms. The van der Waals surface area contributed by atoms with E-state index in [2.05, 4.69) is 46.3 Å². The summed E-state index contributed by atoms with van der Waals surface area (Å²) in [6, 6.07) is 11.2. The van der Waals surface area contributed by atoms with Gasteiger partial charge in [-0.2, -0.15) is 15.0 Å². The molecular formula is C31H42N6.